The standard InChI is InChI=1S/C21H21NO2/c1-24-21-19-14-16(8-4-3-7-13-23)11-12-18(19)15-20(22-21)17-9-5-2-6-10-17/h2,4-6,8-12,14-15,23H,3,7,13H2,1H3/b8-4+. The Morgan fingerprint density at radius 2 is 1.92 bits per heavy atom. The van der Waals surface area contributed by atoms with Crippen LogP contribution in [0.3, 0.4) is 0 Å². The molecule has 3 nitrogen and oxygen atoms in total. The third-order valence-electron chi connectivity index (χ3n) is 3.92. The summed E-state index contributed by atoms with van der Waals surface area (Å²) < 4.78 is 5.52. The zero-order chi connectivity index (χ0) is 16.8. The summed E-state index contributed by atoms with van der Waals surface area (Å²) in [7, 11) is 1.65. The lowest BCUT2D eigenvalue weighted by atomic mass is 10.0. The maximum absolute atomic E-state index is 8.83. The number of ether oxygens (including phenoxy) is 1. The first-order chi connectivity index (χ1) is 11.8. The molecule has 1 aromatic heterocycles. The number of nitrogens with zero attached hydrogens (tertiary/aromatic N) is 1. The predicted octanol–water partition coefficient (Wildman–Crippen LogP) is 4.70. The largest absolute Gasteiger partial charge is 0.481 e. The van der Waals surface area contributed by atoms with Gasteiger partial charge in [-0.3, -0.25) is 0 Å². The minimum atomic E-state index is 0.224. The molecule has 0 aliphatic carbocycles. The summed E-state index contributed by atoms with van der Waals surface area (Å²) in [5.74, 6) is 0.636. The van der Waals surface area contributed by atoms with Gasteiger partial charge in [-0.1, -0.05) is 54.6 Å². The molecule has 0 fully saturated rings. The molecule has 0 radical (unpaired) electrons. The van der Waals surface area contributed by atoms with Gasteiger partial charge >= 0.3 is 0 Å². The van der Waals surface area contributed by atoms with Crippen LogP contribution in [-0.4, -0.2) is 23.8 Å². The van der Waals surface area contributed by atoms with Crippen molar-refractivity contribution in [2.75, 3.05) is 13.7 Å². The molecule has 1 N–H and O–H groups in total. The monoisotopic (exact) mass is 319 g/mol. The van der Waals surface area contributed by atoms with Gasteiger partial charge in [-0.2, -0.15) is 0 Å². The quantitative estimate of drug-likeness (QED) is 0.670. The van der Waals surface area contributed by atoms with Crippen molar-refractivity contribution in [3.63, 3.8) is 0 Å². The predicted molar refractivity (Wildman–Crippen MR) is 99.1 cm³/mol. The molecule has 24 heavy (non-hydrogen) atoms. The maximum Gasteiger partial charge on any atom is 0.221 e. The van der Waals surface area contributed by atoms with E-state index in [2.05, 4.69) is 41.4 Å². The molecule has 0 saturated carbocycles. The molecule has 3 rings (SSSR count). The van der Waals surface area contributed by atoms with Crippen LogP contribution in [0.15, 0.2) is 60.7 Å². The average Bonchev–Trinajstić information content (AvgIpc) is 2.65. The van der Waals surface area contributed by atoms with Crippen molar-refractivity contribution in [2.45, 2.75) is 12.8 Å². The number of hydrogen-bond donors (Lipinski definition) is 1. The van der Waals surface area contributed by atoms with Gasteiger partial charge in [0.05, 0.1) is 12.8 Å². The average molecular weight is 319 g/mol. The molecule has 0 aliphatic rings. The summed E-state index contributed by atoms with van der Waals surface area (Å²) in [5.41, 5.74) is 3.09. The second-order valence-corrected chi connectivity index (χ2v) is 5.63. The second kappa shape index (κ2) is 7.75. The zero-order valence-electron chi connectivity index (χ0n) is 13.8. The van der Waals surface area contributed by atoms with Crippen molar-refractivity contribution in [1.82, 2.24) is 4.98 Å². The lowest BCUT2D eigenvalue weighted by Gasteiger charge is -2.09. The highest BCUT2D eigenvalue weighted by molar-refractivity contribution is 5.91. The second-order valence-electron chi connectivity index (χ2n) is 5.63. The van der Waals surface area contributed by atoms with Crippen LogP contribution >= 0.6 is 0 Å². The van der Waals surface area contributed by atoms with E-state index in [0.29, 0.717) is 5.88 Å². The molecule has 0 amide bonds. The summed E-state index contributed by atoms with van der Waals surface area (Å²) >= 11 is 0. The summed E-state index contributed by atoms with van der Waals surface area (Å²) in [6.45, 7) is 0.224. The fraction of sp³-hybridized carbons (Fsp3) is 0.190. The number of aromatic nitrogens is 1. The van der Waals surface area contributed by atoms with E-state index < -0.39 is 0 Å². The SMILES string of the molecule is COc1nc(-c2ccccc2)cc2ccc(/C=C/CCCO)cc12. The van der Waals surface area contributed by atoms with Crippen LogP contribution in [-0.2, 0) is 0 Å². The first-order valence-corrected chi connectivity index (χ1v) is 8.13. The van der Waals surface area contributed by atoms with E-state index in [-0.39, 0.29) is 6.61 Å². The normalized spacial score (nSPS) is 11.2. The number of benzene rings is 2. The molecule has 0 spiro atoms. The Morgan fingerprint density at radius 1 is 1.08 bits per heavy atom. The van der Waals surface area contributed by atoms with Gasteiger partial charge in [0.1, 0.15) is 0 Å². The molecule has 0 aliphatic heterocycles. The van der Waals surface area contributed by atoms with Gasteiger partial charge in [-0.05, 0) is 35.9 Å². The third-order valence-corrected chi connectivity index (χ3v) is 3.92. The summed E-state index contributed by atoms with van der Waals surface area (Å²) in [4.78, 5) is 4.66. The van der Waals surface area contributed by atoms with Crippen LogP contribution < -0.4 is 4.74 Å². The van der Waals surface area contributed by atoms with E-state index in [1.54, 1.807) is 7.11 Å². The van der Waals surface area contributed by atoms with Gasteiger partial charge in [-0.25, -0.2) is 4.98 Å². The van der Waals surface area contributed by atoms with Crippen LogP contribution in [0.25, 0.3) is 28.1 Å². The van der Waals surface area contributed by atoms with Crippen molar-refractivity contribution in [3.8, 4) is 17.1 Å². The number of pyridine rings is 1. The fourth-order valence-electron chi connectivity index (χ4n) is 2.68. The number of unbranched alkanes of at least 4 members (excludes halogenated alkanes) is 1. The van der Waals surface area contributed by atoms with Gasteiger partial charge < -0.3 is 9.84 Å². The van der Waals surface area contributed by atoms with Crippen molar-refractivity contribution in [3.05, 3.63) is 66.2 Å². The molecule has 3 aromatic rings. The number of aliphatic hydroxyl groups is 1. The number of rotatable bonds is 6. The van der Waals surface area contributed by atoms with Crippen LogP contribution in [0, 0.1) is 0 Å². The van der Waals surface area contributed by atoms with E-state index in [1.807, 2.05) is 30.3 Å². The van der Waals surface area contributed by atoms with E-state index in [0.717, 1.165) is 40.4 Å². The van der Waals surface area contributed by atoms with E-state index >= 15 is 0 Å². The Balaban J connectivity index is 2.00. The maximum atomic E-state index is 8.83. The molecule has 0 bridgehead atoms. The lowest BCUT2D eigenvalue weighted by Crippen LogP contribution is -1.93. The minimum absolute atomic E-state index is 0.224. The molecule has 0 saturated heterocycles. The smallest absolute Gasteiger partial charge is 0.221 e. The number of allylic oxidation sites excluding steroid dienone is 1. The van der Waals surface area contributed by atoms with Crippen LogP contribution in [0.5, 0.6) is 5.88 Å². The van der Waals surface area contributed by atoms with Crippen molar-refractivity contribution < 1.29 is 9.84 Å². The lowest BCUT2D eigenvalue weighted by molar-refractivity contribution is 0.290. The van der Waals surface area contributed by atoms with Crippen molar-refractivity contribution in [2.24, 2.45) is 0 Å². The van der Waals surface area contributed by atoms with Gasteiger partial charge in [0.15, 0.2) is 0 Å². The van der Waals surface area contributed by atoms with Gasteiger partial charge in [0, 0.05) is 17.6 Å². The Morgan fingerprint density at radius 3 is 2.67 bits per heavy atom. The van der Waals surface area contributed by atoms with Gasteiger partial charge in [-0.15, -0.1) is 0 Å². The highest BCUT2D eigenvalue weighted by Gasteiger charge is 2.08. The van der Waals surface area contributed by atoms with Crippen molar-refractivity contribution >= 4 is 16.8 Å². The van der Waals surface area contributed by atoms with E-state index in [4.69, 9.17) is 9.84 Å². The summed E-state index contributed by atoms with van der Waals surface area (Å²) in [5, 5.41) is 10.9. The molecular formula is C21H21NO2. The Bertz CT molecular complexity index is 841. The van der Waals surface area contributed by atoms with Crippen LogP contribution in [0.1, 0.15) is 18.4 Å². The summed E-state index contributed by atoms with van der Waals surface area (Å²) in [6.07, 6.45) is 5.81. The number of fused-ring (bicyclic) bond motifs is 1. The van der Waals surface area contributed by atoms with E-state index in [1.165, 1.54) is 0 Å². The highest BCUT2D eigenvalue weighted by Crippen LogP contribution is 2.30. The molecule has 0 atom stereocenters. The molecule has 2 aromatic carbocycles. The van der Waals surface area contributed by atoms with Crippen LogP contribution in [0.4, 0.5) is 0 Å². The zero-order valence-corrected chi connectivity index (χ0v) is 13.8. The molecule has 122 valence electrons. The molecule has 3 heteroatoms. The number of methoxy groups -OCH3 is 1. The highest BCUT2D eigenvalue weighted by atomic mass is 16.5. The van der Waals surface area contributed by atoms with Gasteiger partial charge in [0.25, 0.3) is 0 Å². The molecular weight excluding hydrogens is 298 g/mol. The Labute approximate surface area is 142 Å². The Kier molecular flexibility index (Phi) is 5.24. The molecule has 0 unspecified atom stereocenters. The number of hydrogen-bond acceptors (Lipinski definition) is 3. The summed E-state index contributed by atoms with van der Waals surface area (Å²) in [6, 6.07) is 18.5. The first-order valence-electron chi connectivity index (χ1n) is 8.13. The van der Waals surface area contributed by atoms with Crippen molar-refractivity contribution in [1.29, 1.82) is 0 Å². The fourth-order valence-corrected chi connectivity index (χ4v) is 2.68. The van der Waals surface area contributed by atoms with Gasteiger partial charge in [0.2, 0.25) is 5.88 Å². The van der Waals surface area contributed by atoms with Crippen LogP contribution in [0.2, 0.25) is 0 Å². The molecule has 1 heterocycles. The first kappa shape index (κ1) is 16.2. The topological polar surface area (TPSA) is 42.4 Å². The van der Waals surface area contributed by atoms with E-state index in [9.17, 15) is 0 Å². The minimum Gasteiger partial charge on any atom is -0.481 e. The number of aliphatic hydroxyl groups excluding tert-OH is 1. The third kappa shape index (κ3) is 3.63. The Hall–Kier alpha value is -2.65.